The van der Waals surface area contributed by atoms with Crippen molar-refractivity contribution in [3.05, 3.63) is 126 Å². The largest absolute Gasteiger partial charge is 0.497 e. The maximum atomic E-state index is 14.7. The fourth-order valence-corrected chi connectivity index (χ4v) is 8.17. The molecule has 3 N–H and O–H groups in total. The van der Waals surface area contributed by atoms with Crippen molar-refractivity contribution in [2.45, 2.75) is 83.0 Å². The lowest BCUT2D eigenvalue weighted by Crippen LogP contribution is -2.49. The SMILES string of the molecule is COc1ccc(C[C@@H]2C(=O)N(c3ccc(CC(NC(=O)C4(CCNC(C)=O)CCCC4)C(=O)O)cc3)[C@H](CCc3ccccc3)N2C(=O)COc2ccccc2)cc1. The zero-order valence-corrected chi connectivity index (χ0v) is 33.1. The van der Waals surface area contributed by atoms with Gasteiger partial charge in [0.15, 0.2) is 6.61 Å². The number of hydrogen-bond donors (Lipinski definition) is 3. The van der Waals surface area contributed by atoms with Crippen LogP contribution >= 0.6 is 0 Å². The van der Waals surface area contributed by atoms with Crippen LogP contribution in [0.25, 0.3) is 0 Å². The predicted octanol–water partition coefficient (Wildman–Crippen LogP) is 5.72. The standard InChI is InChI=1S/C46H52N4O8/c1-32(51)47-28-27-46(25-9-10-26-46)45(56)48-39(44(54)55)29-34-15-20-36(21-16-34)49-41(24-19-33-11-5-3-6-12-33)50(42(52)31-58-38-13-7-4-8-14-38)40(43(49)53)30-35-17-22-37(57-2)23-18-35/h3-8,11-18,20-23,39-41H,9-10,19,24-31H2,1-2H3,(H,47,51)(H,48,56)(H,54,55)/t39?,40-,41+/m1/s1. The molecule has 58 heavy (non-hydrogen) atoms. The number of hydrogen-bond acceptors (Lipinski definition) is 7. The van der Waals surface area contributed by atoms with E-state index in [0.29, 0.717) is 61.4 Å². The molecule has 1 heterocycles. The summed E-state index contributed by atoms with van der Waals surface area (Å²) in [6.45, 7) is 1.51. The maximum Gasteiger partial charge on any atom is 0.326 e. The van der Waals surface area contributed by atoms with Crippen molar-refractivity contribution in [2.24, 2.45) is 5.41 Å². The first-order valence-electron chi connectivity index (χ1n) is 19.9. The highest BCUT2D eigenvalue weighted by molar-refractivity contribution is 6.03. The number of benzene rings is 4. The molecule has 0 bridgehead atoms. The molecule has 1 unspecified atom stereocenters. The van der Waals surface area contributed by atoms with E-state index < -0.39 is 29.6 Å². The molecule has 1 aliphatic carbocycles. The van der Waals surface area contributed by atoms with Crippen LogP contribution in [0.15, 0.2) is 109 Å². The van der Waals surface area contributed by atoms with Crippen LogP contribution in [0.2, 0.25) is 0 Å². The maximum absolute atomic E-state index is 14.7. The number of ether oxygens (including phenoxy) is 2. The second-order valence-electron chi connectivity index (χ2n) is 15.1. The van der Waals surface area contributed by atoms with E-state index in [4.69, 9.17) is 9.47 Å². The summed E-state index contributed by atoms with van der Waals surface area (Å²) in [6, 6.07) is 31.5. The third-order valence-corrected chi connectivity index (χ3v) is 11.3. The molecule has 1 saturated carbocycles. The Balaban J connectivity index is 1.26. The van der Waals surface area contributed by atoms with Gasteiger partial charge in [-0.2, -0.15) is 0 Å². The Morgan fingerprint density at radius 1 is 0.828 bits per heavy atom. The second kappa shape index (κ2) is 19.3. The summed E-state index contributed by atoms with van der Waals surface area (Å²) in [5.41, 5.74) is 2.40. The number of carboxylic acid groups (broad SMARTS) is 1. The van der Waals surface area contributed by atoms with Gasteiger partial charge in [-0.3, -0.25) is 24.1 Å². The molecule has 1 saturated heterocycles. The molecular formula is C46H52N4O8. The fraction of sp³-hybridized carbons (Fsp3) is 0.370. The zero-order chi connectivity index (χ0) is 41.1. The van der Waals surface area contributed by atoms with Crippen LogP contribution in [0.4, 0.5) is 5.69 Å². The van der Waals surface area contributed by atoms with E-state index in [0.717, 1.165) is 24.0 Å². The predicted molar refractivity (Wildman–Crippen MR) is 219 cm³/mol. The van der Waals surface area contributed by atoms with Crippen molar-refractivity contribution >= 4 is 35.3 Å². The van der Waals surface area contributed by atoms with Gasteiger partial charge < -0.3 is 30.1 Å². The van der Waals surface area contributed by atoms with Gasteiger partial charge >= 0.3 is 5.97 Å². The first-order chi connectivity index (χ1) is 28.1. The Morgan fingerprint density at radius 3 is 2.09 bits per heavy atom. The Labute approximate surface area is 339 Å². The molecule has 0 radical (unpaired) electrons. The Kier molecular flexibility index (Phi) is 13.8. The van der Waals surface area contributed by atoms with Crippen LogP contribution in [0.1, 0.15) is 62.1 Å². The number of amides is 4. The minimum absolute atomic E-state index is 0.0239. The molecule has 12 nitrogen and oxygen atoms in total. The molecule has 4 amide bonds. The van der Waals surface area contributed by atoms with Crippen LogP contribution in [0.5, 0.6) is 11.5 Å². The van der Waals surface area contributed by atoms with E-state index in [1.54, 1.807) is 53.3 Å². The van der Waals surface area contributed by atoms with Gasteiger partial charge in [0.1, 0.15) is 29.7 Å². The topological polar surface area (TPSA) is 155 Å². The van der Waals surface area contributed by atoms with Crippen molar-refractivity contribution in [1.29, 1.82) is 0 Å². The van der Waals surface area contributed by atoms with Gasteiger partial charge in [0.2, 0.25) is 11.8 Å². The van der Waals surface area contributed by atoms with Crippen LogP contribution in [0.3, 0.4) is 0 Å². The summed E-state index contributed by atoms with van der Waals surface area (Å²) < 4.78 is 11.3. The molecule has 0 aromatic heterocycles. The van der Waals surface area contributed by atoms with Crippen molar-refractivity contribution in [3.8, 4) is 11.5 Å². The minimum Gasteiger partial charge on any atom is -0.497 e. The molecule has 0 spiro atoms. The number of methoxy groups -OCH3 is 1. The van der Waals surface area contributed by atoms with E-state index in [9.17, 15) is 29.1 Å². The summed E-state index contributed by atoms with van der Waals surface area (Å²) in [7, 11) is 1.59. The summed E-state index contributed by atoms with van der Waals surface area (Å²) in [6.07, 6.45) is 4.10. The third kappa shape index (κ3) is 10.2. The minimum atomic E-state index is -1.18. The van der Waals surface area contributed by atoms with E-state index in [1.165, 1.54) is 6.92 Å². The van der Waals surface area contributed by atoms with E-state index >= 15 is 0 Å². The zero-order valence-electron chi connectivity index (χ0n) is 33.1. The molecule has 2 aliphatic rings. The Morgan fingerprint density at radius 2 is 1.47 bits per heavy atom. The van der Waals surface area contributed by atoms with Gasteiger partial charge in [0.25, 0.3) is 11.8 Å². The summed E-state index contributed by atoms with van der Waals surface area (Å²) in [5, 5.41) is 15.8. The highest BCUT2D eigenvalue weighted by Gasteiger charge is 2.49. The molecule has 6 rings (SSSR count). The molecular weight excluding hydrogens is 737 g/mol. The van der Waals surface area contributed by atoms with Gasteiger partial charge in [0.05, 0.1) is 12.5 Å². The molecule has 12 heteroatoms. The Bertz CT molecular complexity index is 2020. The van der Waals surface area contributed by atoms with Gasteiger partial charge in [-0.15, -0.1) is 0 Å². The van der Waals surface area contributed by atoms with Gasteiger partial charge in [-0.1, -0.05) is 85.6 Å². The van der Waals surface area contributed by atoms with Crippen molar-refractivity contribution in [3.63, 3.8) is 0 Å². The first-order valence-corrected chi connectivity index (χ1v) is 19.9. The molecule has 304 valence electrons. The summed E-state index contributed by atoms with van der Waals surface area (Å²) in [4.78, 5) is 70.0. The number of rotatable bonds is 18. The van der Waals surface area contributed by atoms with Crippen LogP contribution in [0, 0.1) is 5.41 Å². The van der Waals surface area contributed by atoms with Gasteiger partial charge in [0, 0.05) is 32.0 Å². The normalized spacial score (nSPS) is 17.7. The Hall–Kier alpha value is -6.17. The number of para-hydroxylation sites is 1. The lowest BCUT2D eigenvalue weighted by Gasteiger charge is -2.32. The van der Waals surface area contributed by atoms with Crippen LogP contribution < -0.4 is 25.0 Å². The second-order valence-corrected chi connectivity index (χ2v) is 15.1. The van der Waals surface area contributed by atoms with Crippen LogP contribution in [-0.2, 0) is 43.2 Å². The molecule has 1 aliphatic heterocycles. The fourth-order valence-electron chi connectivity index (χ4n) is 8.17. The average molecular weight is 789 g/mol. The first kappa shape index (κ1) is 41.5. The third-order valence-electron chi connectivity index (χ3n) is 11.3. The van der Waals surface area contributed by atoms with Gasteiger partial charge in [-0.05, 0) is 85.2 Å². The molecule has 2 fully saturated rings. The van der Waals surface area contributed by atoms with Crippen molar-refractivity contribution < 1.29 is 38.6 Å². The monoisotopic (exact) mass is 788 g/mol. The smallest absolute Gasteiger partial charge is 0.326 e. The average Bonchev–Trinajstić information content (AvgIpc) is 3.82. The number of nitrogens with one attached hydrogen (secondary N) is 2. The van der Waals surface area contributed by atoms with E-state index in [2.05, 4.69) is 10.6 Å². The molecule has 4 aromatic carbocycles. The van der Waals surface area contributed by atoms with Crippen LogP contribution in [-0.4, -0.2) is 78.1 Å². The highest BCUT2D eigenvalue weighted by atomic mass is 16.5. The molecule has 3 atom stereocenters. The number of nitrogens with zero attached hydrogens (tertiary/aromatic N) is 2. The number of carbonyl (C=O) groups is 5. The van der Waals surface area contributed by atoms with E-state index in [-0.39, 0.29) is 43.1 Å². The van der Waals surface area contributed by atoms with E-state index in [1.807, 2.05) is 72.8 Å². The number of carboxylic acids is 1. The number of carbonyl (C=O) groups excluding carboxylic acids is 4. The molecule has 4 aromatic rings. The number of aliphatic carboxylic acids is 1. The number of anilines is 1. The lowest BCUT2D eigenvalue weighted by atomic mass is 9.81. The van der Waals surface area contributed by atoms with Gasteiger partial charge in [-0.25, -0.2) is 4.79 Å². The highest BCUT2D eigenvalue weighted by Crippen LogP contribution is 2.41. The van der Waals surface area contributed by atoms with Crippen molar-refractivity contribution in [2.75, 3.05) is 25.2 Å². The lowest BCUT2D eigenvalue weighted by molar-refractivity contribution is -0.144. The quantitative estimate of drug-likeness (QED) is 0.116. The number of aryl methyl sites for hydroxylation is 1. The van der Waals surface area contributed by atoms with Crippen molar-refractivity contribution in [1.82, 2.24) is 15.5 Å². The summed E-state index contributed by atoms with van der Waals surface area (Å²) >= 11 is 0. The summed E-state index contributed by atoms with van der Waals surface area (Å²) in [5.74, 6) is -0.999.